The summed E-state index contributed by atoms with van der Waals surface area (Å²) in [6, 6.07) is 14.8. The van der Waals surface area contributed by atoms with Crippen molar-refractivity contribution >= 4 is 21.5 Å². The molecule has 5 aliphatic rings. The van der Waals surface area contributed by atoms with E-state index in [0.717, 1.165) is 95.7 Å². The van der Waals surface area contributed by atoms with E-state index in [-0.39, 0.29) is 36.3 Å². The lowest BCUT2D eigenvalue weighted by atomic mass is 9.56. The number of methoxy groups -OCH3 is 1. The first-order valence-corrected chi connectivity index (χ1v) is 19.2. The van der Waals surface area contributed by atoms with Crippen molar-refractivity contribution in [3.8, 4) is 0 Å². The van der Waals surface area contributed by atoms with E-state index in [2.05, 4.69) is 20.8 Å². The second-order valence-electron chi connectivity index (χ2n) is 14.8. The minimum absolute atomic E-state index is 0.131. The molecule has 4 aliphatic heterocycles. The molecular formula is C37H50FN3O5S. The van der Waals surface area contributed by atoms with E-state index in [9.17, 15) is 17.6 Å². The minimum Gasteiger partial charge on any atom is -0.469 e. The molecule has 1 aliphatic carbocycles. The topological polar surface area (TPSA) is 79.4 Å². The molecule has 2 aromatic rings. The lowest BCUT2D eigenvalue weighted by molar-refractivity contribution is -0.142. The summed E-state index contributed by atoms with van der Waals surface area (Å²) >= 11 is 0. The van der Waals surface area contributed by atoms with Crippen LogP contribution >= 0.6 is 0 Å². The molecule has 4 saturated heterocycles. The highest BCUT2D eigenvalue weighted by Crippen LogP contribution is 2.54. The van der Waals surface area contributed by atoms with E-state index >= 15 is 0 Å². The Hall–Kier alpha value is -2.53. The van der Waals surface area contributed by atoms with Crippen LogP contribution in [0, 0.1) is 29.5 Å². The highest BCUT2D eigenvalue weighted by atomic mass is 32.2. The molecule has 4 heterocycles. The van der Waals surface area contributed by atoms with Crippen LogP contribution in [0.15, 0.2) is 53.4 Å². The molecule has 0 radical (unpaired) electrons. The highest BCUT2D eigenvalue weighted by molar-refractivity contribution is 7.92. The fraction of sp³-hybridized carbons (Fsp3) is 0.649. The van der Waals surface area contributed by atoms with Crippen molar-refractivity contribution in [1.82, 2.24) is 9.80 Å². The maximum Gasteiger partial charge on any atom is 0.305 e. The first-order valence-electron chi connectivity index (χ1n) is 17.7. The van der Waals surface area contributed by atoms with Gasteiger partial charge in [-0.15, -0.1) is 0 Å². The number of hydrogen-bond donors (Lipinski definition) is 0. The lowest BCUT2D eigenvalue weighted by Gasteiger charge is -2.54. The third-order valence-corrected chi connectivity index (χ3v) is 14.2. The van der Waals surface area contributed by atoms with Crippen LogP contribution in [-0.2, 0) is 29.5 Å². The van der Waals surface area contributed by atoms with Gasteiger partial charge in [0.2, 0.25) is 0 Å². The Balaban J connectivity index is 1.02. The van der Waals surface area contributed by atoms with E-state index < -0.39 is 15.1 Å². The summed E-state index contributed by atoms with van der Waals surface area (Å²) in [5.41, 5.74) is 2.01. The molecule has 8 nitrogen and oxygen atoms in total. The number of likely N-dealkylation sites (tertiary alicyclic amines) is 2. The van der Waals surface area contributed by atoms with Crippen LogP contribution in [0.4, 0.5) is 10.1 Å². The number of sulfone groups is 1. The zero-order valence-electron chi connectivity index (χ0n) is 27.7. The first kappa shape index (κ1) is 33.0. The van der Waals surface area contributed by atoms with E-state index in [1.165, 1.54) is 13.5 Å². The molecule has 0 aromatic heterocycles. The number of hydrogen-bond acceptors (Lipinski definition) is 8. The molecule has 0 amide bonds. The van der Waals surface area contributed by atoms with Crippen molar-refractivity contribution < 1.29 is 27.1 Å². The van der Waals surface area contributed by atoms with E-state index in [0.29, 0.717) is 29.1 Å². The third-order valence-electron chi connectivity index (χ3n) is 12.1. The summed E-state index contributed by atoms with van der Waals surface area (Å²) < 4.78 is 50.6. The zero-order chi connectivity index (χ0) is 32.6. The molecule has 0 unspecified atom stereocenters. The Morgan fingerprint density at radius 3 is 2.32 bits per heavy atom. The summed E-state index contributed by atoms with van der Waals surface area (Å²) in [6.07, 6.45) is 7.02. The summed E-state index contributed by atoms with van der Waals surface area (Å²) in [5.74, 6) is 1.28. The van der Waals surface area contributed by atoms with Gasteiger partial charge >= 0.3 is 5.97 Å². The van der Waals surface area contributed by atoms with Gasteiger partial charge in [-0.05, 0) is 118 Å². The molecule has 0 N–H and O–H groups in total. The van der Waals surface area contributed by atoms with Crippen molar-refractivity contribution in [3.05, 3.63) is 59.9 Å². The number of esters is 1. The van der Waals surface area contributed by atoms with E-state index in [1.807, 2.05) is 18.2 Å². The van der Waals surface area contributed by atoms with Gasteiger partial charge in [-0.25, -0.2) is 12.8 Å². The first-order chi connectivity index (χ1) is 22.8. The Bertz CT molecular complexity index is 1500. The van der Waals surface area contributed by atoms with Crippen molar-refractivity contribution in [2.45, 2.75) is 60.5 Å². The molecule has 3 atom stereocenters. The number of nitrogens with zero attached hydrogens (tertiary/aromatic N) is 3. The van der Waals surface area contributed by atoms with Crippen LogP contribution in [0.25, 0.3) is 0 Å². The Morgan fingerprint density at radius 2 is 1.70 bits per heavy atom. The third kappa shape index (κ3) is 6.59. The summed E-state index contributed by atoms with van der Waals surface area (Å²) in [5, 5.41) is -0.417. The van der Waals surface area contributed by atoms with Crippen molar-refractivity contribution in [2.75, 3.05) is 77.6 Å². The van der Waals surface area contributed by atoms with E-state index in [4.69, 9.17) is 9.47 Å². The normalized spacial score (nSPS) is 26.3. The average Bonchev–Trinajstić information content (AvgIpc) is 3.46. The number of rotatable bonds is 12. The second-order valence-corrected chi connectivity index (χ2v) is 17.0. The van der Waals surface area contributed by atoms with Gasteiger partial charge in [0.25, 0.3) is 0 Å². The van der Waals surface area contributed by atoms with Crippen LogP contribution < -0.4 is 4.90 Å². The predicted molar refractivity (Wildman–Crippen MR) is 180 cm³/mol. The summed E-state index contributed by atoms with van der Waals surface area (Å²) in [7, 11) is -1.83. The molecule has 47 heavy (non-hydrogen) atoms. The molecule has 5 fully saturated rings. The maximum atomic E-state index is 14.9. The molecule has 10 heteroatoms. The van der Waals surface area contributed by atoms with Gasteiger partial charge < -0.3 is 24.2 Å². The van der Waals surface area contributed by atoms with Gasteiger partial charge in [-0.2, -0.15) is 0 Å². The monoisotopic (exact) mass is 667 g/mol. The zero-order valence-corrected chi connectivity index (χ0v) is 28.5. The number of benzene rings is 2. The molecule has 1 saturated carbocycles. The Labute approximate surface area is 279 Å². The number of ether oxygens (including phenoxy) is 2. The minimum atomic E-state index is -3.31. The van der Waals surface area contributed by atoms with Crippen LogP contribution in [0.3, 0.4) is 0 Å². The van der Waals surface area contributed by atoms with Crippen LogP contribution in [0.2, 0.25) is 0 Å². The molecule has 2 aromatic carbocycles. The number of piperidine rings is 1. The van der Waals surface area contributed by atoms with Crippen LogP contribution in [-0.4, -0.2) is 102 Å². The van der Waals surface area contributed by atoms with Gasteiger partial charge in [0.15, 0.2) is 9.84 Å². The largest absolute Gasteiger partial charge is 0.469 e. The molecule has 0 spiro atoms. The highest BCUT2D eigenvalue weighted by Gasteiger charge is 2.53. The van der Waals surface area contributed by atoms with Crippen molar-refractivity contribution in [3.63, 3.8) is 0 Å². The number of carbonyl (C=O) groups is 1. The van der Waals surface area contributed by atoms with Crippen molar-refractivity contribution in [1.29, 1.82) is 0 Å². The van der Waals surface area contributed by atoms with Gasteiger partial charge in [-0.3, -0.25) is 4.79 Å². The van der Waals surface area contributed by atoms with Gasteiger partial charge in [0.1, 0.15) is 11.1 Å². The molecule has 7 rings (SSSR count). The Morgan fingerprint density at radius 1 is 0.957 bits per heavy atom. The number of halogens is 1. The molecular weight excluding hydrogens is 617 g/mol. The number of anilines is 1. The smallest absolute Gasteiger partial charge is 0.305 e. The molecule has 0 bridgehead atoms. The van der Waals surface area contributed by atoms with Crippen molar-refractivity contribution in [2.24, 2.45) is 23.7 Å². The van der Waals surface area contributed by atoms with E-state index in [1.54, 1.807) is 24.3 Å². The van der Waals surface area contributed by atoms with Crippen LogP contribution in [0.5, 0.6) is 0 Å². The van der Waals surface area contributed by atoms with Crippen LogP contribution in [0.1, 0.15) is 50.5 Å². The quantitative estimate of drug-likeness (QED) is 0.300. The number of carbonyl (C=O) groups excluding carboxylic acids is 1. The maximum absolute atomic E-state index is 14.9. The van der Waals surface area contributed by atoms with Gasteiger partial charge in [0.05, 0.1) is 25.2 Å². The lowest BCUT2D eigenvalue weighted by Crippen LogP contribution is -2.58. The average molecular weight is 668 g/mol. The Kier molecular flexibility index (Phi) is 9.66. The summed E-state index contributed by atoms with van der Waals surface area (Å²) in [4.78, 5) is 20.5. The fourth-order valence-corrected chi connectivity index (χ4v) is 10.8. The second kappa shape index (κ2) is 13.8. The predicted octanol–water partition coefficient (Wildman–Crippen LogP) is 4.77. The standard InChI is InChI=1S/C37H50FN3O5S/c1-45-36(42)19-28-5-2-8-35(28)37(26-40-15-4-16-40,30-6-3-7-31(38)20-30)29-13-17-39(18-14-29)21-27-22-41(23-27)32-9-11-33(12-10-32)47(43,44)34-24-46-25-34/h3,6-7,9-12,20,27-29,34-35H,2,4-5,8,13-19,21-26H2,1H3/t28-,35+,37+/m1/s1. The summed E-state index contributed by atoms with van der Waals surface area (Å²) in [6.45, 7) is 8.77. The fourth-order valence-electron chi connectivity index (χ4n) is 9.36. The van der Waals surface area contributed by atoms with Gasteiger partial charge in [-0.1, -0.05) is 18.6 Å². The molecule has 256 valence electrons. The van der Waals surface area contributed by atoms with Gasteiger partial charge in [0, 0.05) is 49.6 Å². The SMILES string of the molecule is COC(=O)C[C@H]1CCC[C@@H]1[C@](CN1CCC1)(c1cccc(F)c1)C1CCN(CC2CN(c3ccc(S(=O)(=O)C4COC4)cc3)C2)CC1.